The van der Waals surface area contributed by atoms with E-state index in [2.05, 4.69) is 24.4 Å². The fourth-order valence-corrected chi connectivity index (χ4v) is 1.81. The summed E-state index contributed by atoms with van der Waals surface area (Å²) in [4.78, 5) is 11.9. The van der Waals surface area contributed by atoms with E-state index in [-0.39, 0.29) is 11.7 Å². The topological polar surface area (TPSA) is 61.7 Å². The number of hydrogen-bond donors (Lipinski definition) is 2. The van der Waals surface area contributed by atoms with Crippen molar-refractivity contribution in [3.05, 3.63) is 65.2 Å². The Morgan fingerprint density at radius 1 is 1.10 bits per heavy atom. The molecular formula is C17H18N2O2. The lowest BCUT2D eigenvalue weighted by molar-refractivity contribution is 0.0955. The quantitative estimate of drug-likeness (QED) is 0.667. The van der Waals surface area contributed by atoms with Crippen LogP contribution in [0.3, 0.4) is 0 Å². The van der Waals surface area contributed by atoms with Crippen LogP contribution in [0.2, 0.25) is 0 Å². The molecule has 2 aromatic carbocycles. The number of nitrogens with zero attached hydrogens (tertiary/aromatic N) is 1. The minimum absolute atomic E-state index is 0.196. The highest BCUT2D eigenvalue weighted by Gasteiger charge is 2.05. The molecule has 0 aliphatic heterocycles. The van der Waals surface area contributed by atoms with Gasteiger partial charge in [-0.3, -0.25) is 4.79 Å². The van der Waals surface area contributed by atoms with Crippen LogP contribution in [0.15, 0.2) is 53.6 Å². The maximum absolute atomic E-state index is 11.9. The Kier molecular flexibility index (Phi) is 4.72. The Morgan fingerprint density at radius 3 is 2.29 bits per heavy atom. The fourth-order valence-electron chi connectivity index (χ4n) is 1.81. The Morgan fingerprint density at radius 2 is 1.71 bits per heavy atom. The van der Waals surface area contributed by atoms with Crippen molar-refractivity contribution in [3.8, 4) is 5.75 Å². The second-order valence-corrected chi connectivity index (χ2v) is 5.07. The van der Waals surface area contributed by atoms with Gasteiger partial charge >= 0.3 is 0 Å². The average molecular weight is 282 g/mol. The summed E-state index contributed by atoms with van der Waals surface area (Å²) in [6, 6.07) is 14.0. The van der Waals surface area contributed by atoms with E-state index in [1.54, 1.807) is 36.4 Å². The van der Waals surface area contributed by atoms with Crippen LogP contribution in [0.5, 0.6) is 5.75 Å². The summed E-state index contributed by atoms with van der Waals surface area (Å²) < 4.78 is 0. The SMILES string of the molecule is CC(C)c1ccc(C(=O)N/N=C/c2ccc(O)cc2)cc1. The highest BCUT2D eigenvalue weighted by Crippen LogP contribution is 2.14. The van der Waals surface area contributed by atoms with Gasteiger partial charge in [-0.2, -0.15) is 5.10 Å². The van der Waals surface area contributed by atoms with Crippen molar-refractivity contribution in [2.75, 3.05) is 0 Å². The van der Waals surface area contributed by atoms with Crippen LogP contribution in [-0.2, 0) is 0 Å². The summed E-state index contributed by atoms with van der Waals surface area (Å²) in [7, 11) is 0. The molecule has 0 bridgehead atoms. The number of rotatable bonds is 4. The first-order valence-corrected chi connectivity index (χ1v) is 6.78. The van der Waals surface area contributed by atoms with Gasteiger partial charge < -0.3 is 5.11 Å². The number of hydrazone groups is 1. The normalized spacial score (nSPS) is 11.0. The maximum Gasteiger partial charge on any atom is 0.271 e. The molecule has 0 aliphatic rings. The van der Waals surface area contributed by atoms with E-state index in [4.69, 9.17) is 5.11 Å². The number of benzene rings is 2. The average Bonchev–Trinajstić information content (AvgIpc) is 2.49. The third-order valence-corrected chi connectivity index (χ3v) is 3.11. The lowest BCUT2D eigenvalue weighted by atomic mass is 10.0. The van der Waals surface area contributed by atoms with Gasteiger partial charge in [-0.1, -0.05) is 26.0 Å². The first-order valence-electron chi connectivity index (χ1n) is 6.78. The predicted molar refractivity (Wildman–Crippen MR) is 83.7 cm³/mol. The zero-order valence-corrected chi connectivity index (χ0v) is 12.1. The summed E-state index contributed by atoms with van der Waals surface area (Å²) in [6.07, 6.45) is 1.53. The predicted octanol–water partition coefficient (Wildman–Crippen LogP) is 3.28. The Hall–Kier alpha value is -2.62. The molecule has 108 valence electrons. The molecule has 21 heavy (non-hydrogen) atoms. The molecule has 0 radical (unpaired) electrons. The molecule has 2 aromatic rings. The summed E-state index contributed by atoms with van der Waals surface area (Å²) in [5.41, 5.74) is 5.04. The fraction of sp³-hybridized carbons (Fsp3) is 0.176. The van der Waals surface area contributed by atoms with E-state index in [1.165, 1.54) is 11.8 Å². The van der Waals surface area contributed by atoms with E-state index >= 15 is 0 Å². The monoisotopic (exact) mass is 282 g/mol. The van der Waals surface area contributed by atoms with Crippen molar-refractivity contribution in [2.45, 2.75) is 19.8 Å². The first kappa shape index (κ1) is 14.8. The number of aromatic hydroxyl groups is 1. The molecule has 0 spiro atoms. The molecule has 2 rings (SSSR count). The second-order valence-electron chi connectivity index (χ2n) is 5.07. The van der Waals surface area contributed by atoms with Gasteiger partial charge in [0, 0.05) is 5.56 Å². The third kappa shape index (κ3) is 4.18. The zero-order valence-electron chi connectivity index (χ0n) is 12.1. The third-order valence-electron chi connectivity index (χ3n) is 3.11. The second kappa shape index (κ2) is 6.70. The van der Waals surface area contributed by atoms with Crippen molar-refractivity contribution in [3.63, 3.8) is 0 Å². The van der Waals surface area contributed by atoms with Crippen LogP contribution in [-0.4, -0.2) is 17.2 Å². The molecule has 4 nitrogen and oxygen atoms in total. The summed E-state index contributed by atoms with van der Waals surface area (Å²) >= 11 is 0. The van der Waals surface area contributed by atoms with Crippen molar-refractivity contribution in [2.24, 2.45) is 5.10 Å². The minimum Gasteiger partial charge on any atom is -0.508 e. The molecule has 0 aromatic heterocycles. The van der Waals surface area contributed by atoms with Gasteiger partial charge in [-0.15, -0.1) is 0 Å². The number of phenolic OH excluding ortho intramolecular Hbond substituents is 1. The van der Waals surface area contributed by atoms with Crippen molar-refractivity contribution in [1.29, 1.82) is 0 Å². The van der Waals surface area contributed by atoms with E-state index in [0.717, 1.165) is 5.56 Å². The summed E-state index contributed by atoms with van der Waals surface area (Å²) in [6.45, 7) is 4.22. The number of carbonyl (C=O) groups is 1. The number of hydrogen-bond acceptors (Lipinski definition) is 3. The lowest BCUT2D eigenvalue weighted by Crippen LogP contribution is -2.17. The van der Waals surface area contributed by atoms with Crippen LogP contribution in [0, 0.1) is 0 Å². The molecule has 1 amide bonds. The van der Waals surface area contributed by atoms with E-state index < -0.39 is 0 Å². The lowest BCUT2D eigenvalue weighted by Gasteiger charge is -2.05. The smallest absolute Gasteiger partial charge is 0.271 e. The van der Waals surface area contributed by atoms with Gasteiger partial charge in [-0.25, -0.2) is 5.43 Å². The molecule has 0 atom stereocenters. The van der Waals surface area contributed by atoms with E-state index in [9.17, 15) is 4.79 Å². The van der Waals surface area contributed by atoms with Crippen LogP contribution in [0.4, 0.5) is 0 Å². The Labute approximate surface area is 124 Å². The summed E-state index contributed by atoms with van der Waals surface area (Å²) in [5.74, 6) is 0.386. The van der Waals surface area contributed by atoms with Gasteiger partial charge in [0.05, 0.1) is 6.21 Å². The molecule has 2 N–H and O–H groups in total. The van der Waals surface area contributed by atoms with Crippen molar-refractivity contribution >= 4 is 12.1 Å². The van der Waals surface area contributed by atoms with Crippen molar-refractivity contribution in [1.82, 2.24) is 5.43 Å². The number of amides is 1. The van der Waals surface area contributed by atoms with Crippen molar-refractivity contribution < 1.29 is 9.90 Å². The van der Waals surface area contributed by atoms with Crippen LogP contribution in [0.1, 0.15) is 41.3 Å². The number of carbonyl (C=O) groups excluding carboxylic acids is 1. The van der Waals surface area contributed by atoms with Gasteiger partial charge in [0.2, 0.25) is 0 Å². The Balaban J connectivity index is 1.96. The van der Waals surface area contributed by atoms with Gasteiger partial charge in [0.1, 0.15) is 5.75 Å². The van der Waals surface area contributed by atoms with E-state index in [0.29, 0.717) is 11.5 Å². The first-order chi connectivity index (χ1) is 10.1. The molecule has 0 saturated carbocycles. The molecule has 0 saturated heterocycles. The van der Waals surface area contributed by atoms with Gasteiger partial charge in [0.25, 0.3) is 5.91 Å². The number of phenols is 1. The van der Waals surface area contributed by atoms with Gasteiger partial charge in [-0.05, 0) is 53.4 Å². The highest BCUT2D eigenvalue weighted by molar-refractivity contribution is 5.94. The number of nitrogens with one attached hydrogen (secondary N) is 1. The molecule has 0 aliphatic carbocycles. The molecule has 0 heterocycles. The molecule has 4 heteroatoms. The molecule has 0 fully saturated rings. The zero-order chi connectivity index (χ0) is 15.2. The van der Waals surface area contributed by atoms with Gasteiger partial charge in [0.15, 0.2) is 0 Å². The molecular weight excluding hydrogens is 264 g/mol. The minimum atomic E-state index is -0.250. The largest absolute Gasteiger partial charge is 0.508 e. The standard InChI is InChI=1S/C17H18N2O2/c1-12(2)14-5-7-15(8-6-14)17(21)19-18-11-13-3-9-16(20)10-4-13/h3-12,20H,1-2H3,(H,19,21)/b18-11+. The highest BCUT2D eigenvalue weighted by atomic mass is 16.3. The van der Waals surface area contributed by atoms with E-state index in [1.807, 2.05) is 12.1 Å². The van der Waals surface area contributed by atoms with Crippen LogP contribution < -0.4 is 5.43 Å². The Bertz CT molecular complexity index is 629. The van der Waals surface area contributed by atoms with Crippen LogP contribution in [0.25, 0.3) is 0 Å². The van der Waals surface area contributed by atoms with Crippen LogP contribution >= 0.6 is 0 Å². The maximum atomic E-state index is 11.9. The molecule has 0 unspecified atom stereocenters. The summed E-state index contributed by atoms with van der Waals surface area (Å²) in [5, 5.41) is 13.1.